The fourth-order valence-corrected chi connectivity index (χ4v) is 2.99. The largest absolute Gasteiger partial charge is 0.443 e. The van der Waals surface area contributed by atoms with Crippen LogP contribution in [0.1, 0.15) is 30.4 Å². The number of rotatable bonds is 7. The molecule has 26 heavy (non-hydrogen) atoms. The smallest absolute Gasteiger partial charge is 0.315 e. The minimum Gasteiger partial charge on any atom is -0.443 e. The monoisotopic (exact) mass is 430 g/mol. The zero-order valence-electron chi connectivity index (χ0n) is 14.5. The number of carbonyl (C=O) groups excluding carboxylic acids is 1. The summed E-state index contributed by atoms with van der Waals surface area (Å²) in [6, 6.07) is 17.5. The van der Waals surface area contributed by atoms with Crippen molar-refractivity contribution in [3.8, 4) is 12.3 Å². The minimum atomic E-state index is -0.877. The van der Waals surface area contributed by atoms with E-state index in [0.29, 0.717) is 17.9 Å². The molecule has 0 saturated carbocycles. The molecule has 0 aliphatic heterocycles. The van der Waals surface area contributed by atoms with E-state index >= 15 is 0 Å². The first-order valence-corrected chi connectivity index (χ1v) is 9.53. The van der Waals surface area contributed by atoms with Gasteiger partial charge in [-0.05, 0) is 36.1 Å². The Morgan fingerprint density at radius 1 is 1.23 bits per heavy atom. The van der Waals surface area contributed by atoms with Gasteiger partial charge in [-0.1, -0.05) is 88.9 Å². The SMILES string of the molecule is C#CC(OC(=O)C(CC)c1ccc(Br)cc1)C(Cl)=CCc1ccccc1. The molecule has 0 N–H and O–H groups in total. The number of benzene rings is 2. The van der Waals surface area contributed by atoms with Crippen molar-refractivity contribution >= 4 is 33.5 Å². The molecule has 0 aromatic heterocycles. The Morgan fingerprint density at radius 3 is 2.46 bits per heavy atom. The number of ether oxygens (including phenoxy) is 1. The van der Waals surface area contributed by atoms with Crippen LogP contribution in [0.25, 0.3) is 0 Å². The highest BCUT2D eigenvalue weighted by atomic mass is 79.9. The molecule has 0 bridgehead atoms. The average molecular weight is 432 g/mol. The van der Waals surface area contributed by atoms with Crippen molar-refractivity contribution in [3.05, 3.63) is 81.3 Å². The zero-order chi connectivity index (χ0) is 18.9. The van der Waals surface area contributed by atoms with Crippen molar-refractivity contribution in [2.45, 2.75) is 31.8 Å². The number of hydrogen-bond donors (Lipinski definition) is 0. The second-order valence-electron chi connectivity index (χ2n) is 5.77. The van der Waals surface area contributed by atoms with E-state index in [9.17, 15) is 4.79 Å². The number of carbonyl (C=O) groups is 1. The summed E-state index contributed by atoms with van der Waals surface area (Å²) in [5, 5.41) is 0.343. The molecule has 0 radical (unpaired) electrons. The van der Waals surface area contributed by atoms with E-state index < -0.39 is 6.10 Å². The fraction of sp³-hybridized carbons (Fsp3) is 0.227. The zero-order valence-corrected chi connectivity index (χ0v) is 16.8. The van der Waals surface area contributed by atoms with Gasteiger partial charge < -0.3 is 4.74 Å². The molecule has 2 unspecified atom stereocenters. The second-order valence-corrected chi connectivity index (χ2v) is 7.13. The van der Waals surface area contributed by atoms with Gasteiger partial charge in [0.25, 0.3) is 0 Å². The van der Waals surface area contributed by atoms with E-state index in [0.717, 1.165) is 15.6 Å². The summed E-state index contributed by atoms with van der Waals surface area (Å²) >= 11 is 9.68. The molecule has 0 aliphatic rings. The lowest BCUT2D eigenvalue weighted by Gasteiger charge is -2.18. The molecule has 0 heterocycles. The van der Waals surface area contributed by atoms with Gasteiger partial charge in [-0.3, -0.25) is 4.79 Å². The number of halogens is 2. The molecular weight excluding hydrogens is 412 g/mol. The molecule has 2 rings (SSSR count). The summed E-state index contributed by atoms with van der Waals surface area (Å²) in [5.41, 5.74) is 2.00. The Hall–Kier alpha value is -2.02. The number of hydrogen-bond acceptors (Lipinski definition) is 2. The minimum absolute atomic E-state index is 0.343. The lowest BCUT2D eigenvalue weighted by molar-refractivity contribution is -0.146. The van der Waals surface area contributed by atoms with Gasteiger partial charge in [-0.15, -0.1) is 6.42 Å². The Labute approximate surface area is 168 Å². The Morgan fingerprint density at radius 2 is 1.88 bits per heavy atom. The van der Waals surface area contributed by atoms with Gasteiger partial charge in [-0.2, -0.15) is 0 Å². The third-order valence-corrected chi connectivity index (χ3v) is 4.86. The van der Waals surface area contributed by atoms with Crippen LogP contribution in [0, 0.1) is 12.3 Å². The number of esters is 1. The van der Waals surface area contributed by atoms with E-state index in [1.807, 2.05) is 61.5 Å². The third kappa shape index (κ3) is 5.76. The second kappa shape index (κ2) is 10.2. The van der Waals surface area contributed by atoms with Crippen LogP contribution in [0.2, 0.25) is 0 Å². The maximum absolute atomic E-state index is 12.6. The van der Waals surface area contributed by atoms with Crippen molar-refractivity contribution < 1.29 is 9.53 Å². The van der Waals surface area contributed by atoms with Gasteiger partial charge in [0, 0.05) is 4.47 Å². The highest BCUT2D eigenvalue weighted by molar-refractivity contribution is 9.10. The molecule has 2 aromatic carbocycles. The summed E-state index contributed by atoms with van der Waals surface area (Å²) in [6.07, 6.45) is 7.68. The van der Waals surface area contributed by atoms with Crippen LogP contribution < -0.4 is 0 Å². The number of allylic oxidation sites excluding steroid dienone is 1. The topological polar surface area (TPSA) is 26.3 Å². The molecule has 2 nitrogen and oxygen atoms in total. The summed E-state index contributed by atoms with van der Waals surface area (Å²) < 4.78 is 6.46. The van der Waals surface area contributed by atoms with Crippen LogP contribution in [0.4, 0.5) is 0 Å². The van der Waals surface area contributed by atoms with Gasteiger partial charge in [0.2, 0.25) is 0 Å². The molecular formula is C22H20BrClO2. The molecule has 2 atom stereocenters. The van der Waals surface area contributed by atoms with E-state index in [1.165, 1.54) is 0 Å². The van der Waals surface area contributed by atoms with Gasteiger partial charge in [0.15, 0.2) is 6.10 Å². The van der Waals surface area contributed by atoms with Crippen molar-refractivity contribution in [3.63, 3.8) is 0 Å². The quantitative estimate of drug-likeness (QED) is 0.406. The molecule has 0 amide bonds. The highest BCUT2D eigenvalue weighted by Gasteiger charge is 2.24. The van der Waals surface area contributed by atoms with Crippen molar-refractivity contribution in [1.29, 1.82) is 0 Å². The predicted molar refractivity (Wildman–Crippen MR) is 110 cm³/mol. The van der Waals surface area contributed by atoms with E-state index in [-0.39, 0.29) is 11.9 Å². The molecule has 0 spiro atoms. The van der Waals surface area contributed by atoms with Gasteiger partial charge in [0.05, 0.1) is 11.0 Å². The number of terminal acetylenes is 1. The van der Waals surface area contributed by atoms with Crippen LogP contribution in [0.15, 0.2) is 70.2 Å². The summed E-state index contributed by atoms with van der Waals surface area (Å²) in [7, 11) is 0. The Balaban J connectivity index is 2.06. The van der Waals surface area contributed by atoms with Gasteiger partial charge in [-0.25, -0.2) is 0 Å². The van der Waals surface area contributed by atoms with Crippen LogP contribution in [-0.4, -0.2) is 12.1 Å². The summed E-state index contributed by atoms with van der Waals surface area (Å²) in [4.78, 5) is 12.6. The molecule has 2 aromatic rings. The third-order valence-electron chi connectivity index (χ3n) is 3.98. The van der Waals surface area contributed by atoms with Crippen molar-refractivity contribution in [2.75, 3.05) is 0 Å². The lowest BCUT2D eigenvalue weighted by atomic mass is 9.97. The van der Waals surface area contributed by atoms with E-state index in [2.05, 4.69) is 21.9 Å². The van der Waals surface area contributed by atoms with Gasteiger partial charge >= 0.3 is 5.97 Å². The Bertz CT molecular complexity index is 791. The van der Waals surface area contributed by atoms with E-state index in [1.54, 1.807) is 6.08 Å². The highest BCUT2D eigenvalue weighted by Crippen LogP contribution is 2.25. The fourth-order valence-electron chi connectivity index (χ4n) is 2.54. The molecule has 0 fully saturated rings. The summed E-state index contributed by atoms with van der Waals surface area (Å²) in [5.74, 6) is 1.71. The van der Waals surface area contributed by atoms with Crippen molar-refractivity contribution in [2.24, 2.45) is 0 Å². The lowest BCUT2D eigenvalue weighted by Crippen LogP contribution is -2.22. The normalized spacial score (nSPS) is 13.5. The average Bonchev–Trinajstić information content (AvgIpc) is 2.67. The summed E-state index contributed by atoms with van der Waals surface area (Å²) in [6.45, 7) is 1.94. The maximum atomic E-state index is 12.6. The van der Waals surface area contributed by atoms with Crippen LogP contribution >= 0.6 is 27.5 Å². The first kappa shape index (κ1) is 20.3. The molecule has 0 saturated heterocycles. The van der Waals surface area contributed by atoms with Crippen LogP contribution in [0.5, 0.6) is 0 Å². The van der Waals surface area contributed by atoms with Crippen LogP contribution in [-0.2, 0) is 16.0 Å². The molecule has 0 aliphatic carbocycles. The van der Waals surface area contributed by atoms with E-state index in [4.69, 9.17) is 22.8 Å². The Kier molecular flexibility index (Phi) is 7.97. The first-order valence-electron chi connectivity index (χ1n) is 8.36. The maximum Gasteiger partial charge on any atom is 0.315 e. The van der Waals surface area contributed by atoms with Gasteiger partial charge in [0.1, 0.15) is 0 Å². The molecule has 4 heteroatoms. The standard InChI is InChI=1S/C22H20BrClO2/c1-3-19(17-11-13-18(23)14-12-17)22(25)26-21(4-2)20(24)15-10-16-8-6-5-7-9-16/h2,5-9,11-15,19,21H,3,10H2,1H3. The van der Waals surface area contributed by atoms with Crippen molar-refractivity contribution in [1.82, 2.24) is 0 Å². The van der Waals surface area contributed by atoms with Crippen LogP contribution in [0.3, 0.4) is 0 Å². The molecule has 134 valence electrons. The predicted octanol–water partition coefficient (Wildman–Crippen LogP) is 5.85. The first-order chi connectivity index (χ1) is 12.5.